The van der Waals surface area contributed by atoms with Crippen molar-refractivity contribution in [2.45, 2.75) is 18.6 Å². The second kappa shape index (κ2) is 8.09. The number of hydrogen-bond acceptors (Lipinski definition) is 2. The lowest BCUT2D eigenvalue weighted by Gasteiger charge is -2.40. The molecule has 1 unspecified atom stereocenters. The van der Waals surface area contributed by atoms with Crippen molar-refractivity contribution in [3.8, 4) is 0 Å². The number of carbonyl (C=O) groups is 1. The van der Waals surface area contributed by atoms with Gasteiger partial charge in [-0.15, -0.1) is 0 Å². The van der Waals surface area contributed by atoms with E-state index >= 15 is 0 Å². The van der Waals surface area contributed by atoms with Gasteiger partial charge in [-0.1, -0.05) is 53.5 Å². The molecular formula is C19H18Cl2F3NO2. The standard InChI is InChI=1S/C17H18Cl2N.C2HF3O2/c1-20(2)10-15(12-6-4-3-5-7-12)14-8-13(18)9-17(19)16(14)11-20;3-2(4,5)1(6)7/h3-9,15H,10-11H2,1-2H3;(H,6,7)/q+1;/p-1. The van der Waals surface area contributed by atoms with Gasteiger partial charge in [-0.3, -0.25) is 0 Å². The Hall–Kier alpha value is -1.76. The molecule has 0 fully saturated rings. The lowest BCUT2D eigenvalue weighted by Crippen LogP contribution is -2.46. The fraction of sp³-hybridized carbons (Fsp3) is 0.316. The number of carboxylic acid groups (broad SMARTS) is 1. The van der Waals surface area contributed by atoms with Gasteiger partial charge in [-0.25, -0.2) is 0 Å². The fourth-order valence-electron chi connectivity index (χ4n) is 3.16. The number of fused-ring (bicyclic) bond motifs is 1. The molecule has 0 spiro atoms. The number of alkyl halides is 3. The van der Waals surface area contributed by atoms with E-state index < -0.39 is 12.1 Å². The smallest absolute Gasteiger partial charge is 0.430 e. The number of likely N-dealkylation sites (N-methyl/N-ethyl adjacent to an activating group) is 1. The number of benzene rings is 2. The lowest BCUT2D eigenvalue weighted by atomic mass is 9.84. The molecule has 1 aliphatic rings. The fourth-order valence-corrected chi connectivity index (χ4v) is 3.73. The van der Waals surface area contributed by atoms with Crippen LogP contribution in [0.2, 0.25) is 10.0 Å². The number of rotatable bonds is 1. The lowest BCUT2D eigenvalue weighted by molar-refractivity contribution is -0.906. The van der Waals surface area contributed by atoms with Crippen molar-refractivity contribution < 1.29 is 27.6 Å². The molecule has 0 saturated carbocycles. The van der Waals surface area contributed by atoms with Crippen molar-refractivity contribution >= 4 is 29.2 Å². The molecule has 3 nitrogen and oxygen atoms in total. The van der Waals surface area contributed by atoms with Gasteiger partial charge in [0.05, 0.1) is 31.6 Å². The van der Waals surface area contributed by atoms with Crippen LogP contribution in [0.3, 0.4) is 0 Å². The summed E-state index contributed by atoms with van der Waals surface area (Å²) in [5, 5.41) is 10.3. The predicted molar refractivity (Wildman–Crippen MR) is 96.5 cm³/mol. The second-order valence-corrected chi connectivity index (χ2v) is 7.82. The quantitative estimate of drug-likeness (QED) is 0.655. The van der Waals surface area contributed by atoms with Gasteiger partial charge in [0, 0.05) is 10.6 Å². The van der Waals surface area contributed by atoms with Gasteiger partial charge in [0.25, 0.3) is 0 Å². The number of aliphatic carboxylic acids is 1. The Bertz CT molecular complexity index is 824. The molecule has 0 bridgehead atoms. The highest BCUT2D eigenvalue weighted by Gasteiger charge is 2.34. The summed E-state index contributed by atoms with van der Waals surface area (Å²) in [7, 11) is 4.51. The van der Waals surface area contributed by atoms with Crippen LogP contribution in [-0.2, 0) is 11.3 Å². The van der Waals surface area contributed by atoms with Crippen molar-refractivity contribution in [2.75, 3.05) is 20.6 Å². The summed E-state index contributed by atoms with van der Waals surface area (Å²) in [6.45, 7) is 2.02. The summed E-state index contributed by atoms with van der Waals surface area (Å²) < 4.78 is 32.5. The van der Waals surface area contributed by atoms with Gasteiger partial charge >= 0.3 is 6.18 Å². The Labute approximate surface area is 165 Å². The van der Waals surface area contributed by atoms with Crippen LogP contribution in [0.5, 0.6) is 0 Å². The number of hydrogen-bond donors (Lipinski definition) is 0. The SMILES string of the molecule is C[N+]1(C)Cc2c(Cl)cc(Cl)cc2C(c2ccccc2)C1.O=C([O-])C(F)(F)F. The summed E-state index contributed by atoms with van der Waals surface area (Å²) in [5.74, 6) is -2.65. The Morgan fingerprint density at radius 2 is 1.70 bits per heavy atom. The molecular weight excluding hydrogens is 402 g/mol. The molecule has 0 N–H and O–H groups in total. The zero-order valence-electron chi connectivity index (χ0n) is 14.7. The highest BCUT2D eigenvalue weighted by atomic mass is 35.5. The first-order valence-corrected chi connectivity index (χ1v) is 8.79. The highest BCUT2D eigenvalue weighted by molar-refractivity contribution is 6.35. The van der Waals surface area contributed by atoms with E-state index in [2.05, 4.69) is 50.5 Å². The third-order valence-corrected chi connectivity index (χ3v) is 4.82. The molecule has 0 amide bonds. The van der Waals surface area contributed by atoms with Crippen LogP contribution in [0, 0.1) is 0 Å². The van der Waals surface area contributed by atoms with Crippen molar-refractivity contribution in [1.82, 2.24) is 0 Å². The molecule has 2 aromatic carbocycles. The van der Waals surface area contributed by atoms with Crippen LogP contribution >= 0.6 is 23.2 Å². The van der Waals surface area contributed by atoms with Crippen molar-refractivity contribution in [2.24, 2.45) is 0 Å². The van der Waals surface area contributed by atoms with E-state index in [0.29, 0.717) is 5.92 Å². The molecule has 0 radical (unpaired) electrons. The highest BCUT2D eigenvalue weighted by Crippen LogP contribution is 2.40. The van der Waals surface area contributed by atoms with Crippen molar-refractivity contribution in [3.05, 3.63) is 69.2 Å². The average Bonchev–Trinajstić information content (AvgIpc) is 2.55. The van der Waals surface area contributed by atoms with E-state index in [9.17, 15) is 13.2 Å². The van der Waals surface area contributed by atoms with Gasteiger partial charge in [0.1, 0.15) is 12.5 Å². The molecule has 0 aliphatic carbocycles. The first kappa shape index (κ1) is 21.5. The summed E-state index contributed by atoms with van der Waals surface area (Å²) in [6.07, 6.45) is -5.19. The maximum atomic E-state index is 10.5. The van der Waals surface area contributed by atoms with Crippen LogP contribution in [0.4, 0.5) is 13.2 Å². The molecule has 0 saturated heterocycles. The third-order valence-electron chi connectivity index (χ3n) is 4.27. The first-order chi connectivity index (χ1) is 12.4. The summed E-state index contributed by atoms with van der Waals surface area (Å²) in [6, 6.07) is 14.6. The molecule has 1 atom stereocenters. The topological polar surface area (TPSA) is 40.1 Å². The Morgan fingerprint density at radius 1 is 1.15 bits per heavy atom. The monoisotopic (exact) mass is 419 g/mol. The van der Waals surface area contributed by atoms with E-state index in [1.165, 1.54) is 16.7 Å². The summed E-state index contributed by atoms with van der Waals surface area (Å²) >= 11 is 12.6. The van der Waals surface area contributed by atoms with Crippen LogP contribution in [0.1, 0.15) is 22.6 Å². The molecule has 0 aromatic heterocycles. The number of halogens is 5. The number of carbonyl (C=O) groups excluding carboxylic acids is 1. The van der Waals surface area contributed by atoms with Gasteiger partial charge in [0.2, 0.25) is 0 Å². The third kappa shape index (κ3) is 5.61. The van der Waals surface area contributed by atoms with Crippen molar-refractivity contribution in [1.29, 1.82) is 0 Å². The summed E-state index contributed by atoms with van der Waals surface area (Å²) in [5.41, 5.74) is 3.85. The summed E-state index contributed by atoms with van der Waals surface area (Å²) in [4.78, 5) is 8.78. The number of nitrogens with zero attached hydrogens (tertiary/aromatic N) is 1. The maximum absolute atomic E-state index is 10.5. The Morgan fingerprint density at radius 3 is 2.22 bits per heavy atom. The Balaban J connectivity index is 0.000000321. The Kier molecular flexibility index (Phi) is 6.45. The minimum absolute atomic E-state index is 0.353. The van der Waals surface area contributed by atoms with Crippen LogP contribution in [0.15, 0.2) is 42.5 Å². The van der Waals surface area contributed by atoms with Gasteiger partial charge in [-0.05, 0) is 23.3 Å². The van der Waals surface area contributed by atoms with Crippen LogP contribution < -0.4 is 5.11 Å². The number of carboxylic acids is 1. The second-order valence-electron chi connectivity index (χ2n) is 6.98. The molecule has 1 aliphatic heterocycles. The first-order valence-electron chi connectivity index (χ1n) is 8.03. The molecule has 3 rings (SSSR count). The van der Waals surface area contributed by atoms with E-state index in [4.69, 9.17) is 33.1 Å². The molecule has 27 heavy (non-hydrogen) atoms. The molecule has 8 heteroatoms. The predicted octanol–water partition coefficient (Wildman–Crippen LogP) is 4.01. The van der Waals surface area contributed by atoms with E-state index in [1.807, 2.05) is 6.07 Å². The van der Waals surface area contributed by atoms with E-state index in [-0.39, 0.29) is 0 Å². The zero-order valence-corrected chi connectivity index (χ0v) is 16.2. The zero-order chi connectivity index (χ0) is 20.4. The molecule has 2 aromatic rings. The van der Waals surface area contributed by atoms with Crippen LogP contribution in [0.25, 0.3) is 0 Å². The minimum Gasteiger partial charge on any atom is -0.542 e. The van der Waals surface area contributed by atoms with Gasteiger partial charge < -0.3 is 14.4 Å². The van der Waals surface area contributed by atoms with E-state index in [0.717, 1.165) is 27.6 Å². The number of quaternary nitrogens is 1. The largest absolute Gasteiger partial charge is 0.542 e. The maximum Gasteiger partial charge on any atom is 0.430 e. The van der Waals surface area contributed by atoms with Gasteiger partial charge in [0.15, 0.2) is 0 Å². The average molecular weight is 420 g/mol. The van der Waals surface area contributed by atoms with Crippen molar-refractivity contribution in [3.63, 3.8) is 0 Å². The van der Waals surface area contributed by atoms with Gasteiger partial charge in [-0.2, -0.15) is 13.2 Å². The normalized spacial score (nSPS) is 18.1. The van der Waals surface area contributed by atoms with Crippen LogP contribution in [-0.4, -0.2) is 37.3 Å². The van der Waals surface area contributed by atoms with E-state index in [1.54, 1.807) is 0 Å². The molecule has 1 heterocycles. The molecule has 146 valence electrons. The minimum atomic E-state index is -5.19.